The van der Waals surface area contributed by atoms with Gasteiger partial charge in [0.15, 0.2) is 0 Å². The molecule has 0 aliphatic carbocycles. The summed E-state index contributed by atoms with van der Waals surface area (Å²) in [7, 11) is 0. The number of rotatable bonds is 2. The Bertz CT molecular complexity index is 312. The van der Waals surface area contributed by atoms with Crippen molar-refractivity contribution in [3.63, 3.8) is 0 Å². The van der Waals surface area contributed by atoms with Crippen LogP contribution in [0.1, 0.15) is 6.92 Å². The average molecular weight is 200 g/mol. The van der Waals surface area contributed by atoms with E-state index in [0.717, 1.165) is 0 Å². The van der Waals surface area contributed by atoms with Gasteiger partial charge in [-0.15, -0.1) is 0 Å². The highest BCUT2D eigenvalue weighted by atomic mass is 35.5. The van der Waals surface area contributed by atoms with Gasteiger partial charge in [0, 0.05) is 5.02 Å². The number of nitrogens with two attached hydrogens (primary N) is 1. The Labute approximate surface area is 81.4 Å². The van der Waals surface area contributed by atoms with Crippen LogP contribution in [0.2, 0.25) is 5.02 Å². The normalized spacial score (nSPS) is 12.2. The molecule has 2 N–H and O–H groups in total. The lowest BCUT2D eigenvalue weighted by Crippen LogP contribution is -2.30. The molecule has 0 aliphatic rings. The molecule has 1 aromatic carbocycles. The quantitative estimate of drug-likeness (QED) is 0.582. The molecular weight excluding hydrogens is 190 g/mol. The summed E-state index contributed by atoms with van der Waals surface area (Å²) in [6.45, 7) is 1.56. The third-order valence-electron chi connectivity index (χ3n) is 1.39. The molecule has 4 heteroatoms. The maximum Gasteiger partial charge on any atom is 0.328 e. The van der Waals surface area contributed by atoms with Gasteiger partial charge >= 0.3 is 5.97 Å². The van der Waals surface area contributed by atoms with Gasteiger partial charge in [-0.05, 0) is 25.1 Å². The third kappa shape index (κ3) is 3.05. The number of hydrogen-bond acceptors (Lipinski definition) is 3. The Morgan fingerprint density at radius 1 is 1.62 bits per heavy atom. The van der Waals surface area contributed by atoms with Gasteiger partial charge in [0.2, 0.25) is 0 Å². The van der Waals surface area contributed by atoms with Crippen LogP contribution in [0.5, 0.6) is 5.75 Å². The Morgan fingerprint density at radius 3 is 2.85 bits per heavy atom. The van der Waals surface area contributed by atoms with E-state index in [9.17, 15) is 4.79 Å². The van der Waals surface area contributed by atoms with Gasteiger partial charge in [-0.25, -0.2) is 4.79 Å². The molecule has 13 heavy (non-hydrogen) atoms. The van der Waals surface area contributed by atoms with E-state index in [1.165, 1.54) is 0 Å². The van der Waals surface area contributed by atoms with Crippen LogP contribution in [0.25, 0.3) is 0 Å². The van der Waals surface area contributed by atoms with Crippen LogP contribution in [0.3, 0.4) is 0 Å². The molecule has 0 spiro atoms. The number of hydrogen-bond donors (Lipinski definition) is 1. The molecule has 3 nitrogen and oxygen atoms in total. The van der Waals surface area contributed by atoms with Crippen molar-refractivity contribution in [2.75, 3.05) is 0 Å². The Morgan fingerprint density at radius 2 is 2.31 bits per heavy atom. The Balaban J connectivity index is 2.69. The van der Waals surface area contributed by atoms with Gasteiger partial charge in [-0.3, -0.25) is 0 Å². The van der Waals surface area contributed by atoms with Gasteiger partial charge in [-0.1, -0.05) is 17.7 Å². The summed E-state index contributed by atoms with van der Waals surface area (Å²) in [5.41, 5.74) is 5.31. The van der Waals surface area contributed by atoms with Crippen LogP contribution >= 0.6 is 11.6 Å². The van der Waals surface area contributed by atoms with Crippen LogP contribution in [0.4, 0.5) is 0 Å². The molecule has 0 amide bonds. The molecule has 0 saturated carbocycles. The van der Waals surface area contributed by atoms with E-state index in [0.29, 0.717) is 10.8 Å². The molecule has 1 rings (SSSR count). The second kappa shape index (κ2) is 4.25. The molecule has 1 aromatic rings. The van der Waals surface area contributed by atoms with Gasteiger partial charge in [0.1, 0.15) is 11.8 Å². The van der Waals surface area contributed by atoms with Crippen molar-refractivity contribution in [3.05, 3.63) is 29.3 Å². The molecule has 0 bridgehead atoms. The lowest BCUT2D eigenvalue weighted by atomic mass is 10.3. The van der Waals surface area contributed by atoms with E-state index in [4.69, 9.17) is 22.1 Å². The first-order chi connectivity index (χ1) is 6.09. The van der Waals surface area contributed by atoms with Crippen LogP contribution in [0, 0.1) is 0 Å². The van der Waals surface area contributed by atoms with Crippen LogP contribution < -0.4 is 10.5 Å². The van der Waals surface area contributed by atoms with Gasteiger partial charge in [0.25, 0.3) is 0 Å². The predicted molar refractivity (Wildman–Crippen MR) is 50.7 cm³/mol. The topological polar surface area (TPSA) is 52.3 Å². The number of benzene rings is 1. The van der Waals surface area contributed by atoms with E-state index in [1.54, 1.807) is 31.2 Å². The first kappa shape index (κ1) is 10.0. The SMILES string of the molecule is C[C@H](N)C(=O)Oc1cccc(Cl)c1. The first-order valence-electron chi connectivity index (χ1n) is 3.82. The maximum absolute atomic E-state index is 11.0. The van der Waals surface area contributed by atoms with Crippen molar-refractivity contribution >= 4 is 17.6 Å². The van der Waals surface area contributed by atoms with Crippen LogP contribution in [-0.4, -0.2) is 12.0 Å². The zero-order chi connectivity index (χ0) is 9.84. The standard InChI is InChI=1S/C9H10ClNO2/c1-6(11)9(12)13-8-4-2-3-7(10)5-8/h2-6H,11H2,1H3/t6-/m0/s1. The van der Waals surface area contributed by atoms with Crippen molar-refractivity contribution < 1.29 is 9.53 Å². The number of carbonyl (C=O) groups is 1. The largest absolute Gasteiger partial charge is 0.425 e. The molecule has 0 aromatic heterocycles. The van der Waals surface area contributed by atoms with E-state index >= 15 is 0 Å². The smallest absolute Gasteiger partial charge is 0.328 e. The molecule has 0 saturated heterocycles. The highest BCUT2D eigenvalue weighted by Gasteiger charge is 2.09. The molecule has 1 atom stereocenters. The van der Waals surface area contributed by atoms with Gasteiger partial charge in [-0.2, -0.15) is 0 Å². The second-order valence-corrected chi connectivity index (χ2v) is 3.10. The van der Waals surface area contributed by atoms with Gasteiger partial charge < -0.3 is 10.5 Å². The molecule has 0 fully saturated rings. The lowest BCUT2D eigenvalue weighted by Gasteiger charge is -2.06. The monoisotopic (exact) mass is 199 g/mol. The highest BCUT2D eigenvalue weighted by Crippen LogP contribution is 2.17. The van der Waals surface area contributed by atoms with Crippen molar-refractivity contribution in [3.8, 4) is 5.75 Å². The van der Waals surface area contributed by atoms with Crippen molar-refractivity contribution in [2.24, 2.45) is 5.73 Å². The molecule has 0 aliphatic heterocycles. The maximum atomic E-state index is 11.0. The molecule has 0 heterocycles. The Kier molecular flexibility index (Phi) is 3.28. The summed E-state index contributed by atoms with van der Waals surface area (Å²) in [5.74, 6) is -0.0583. The fourth-order valence-electron chi connectivity index (χ4n) is 0.740. The minimum atomic E-state index is -0.626. The van der Waals surface area contributed by atoms with E-state index in [-0.39, 0.29) is 0 Å². The summed E-state index contributed by atoms with van der Waals surface area (Å²) in [6, 6.07) is 5.98. The minimum Gasteiger partial charge on any atom is -0.425 e. The molecular formula is C9H10ClNO2. The molecule has 0 unspecified atom stereocenters. The van der Waals surface area contributed by atoms with Crippen molar-refractivity contribution in [2.45, 2.75) is 13.0 Å². The fourth-order valence-corrected chi connectivity index (χ4v) is 0.920. The van der Waals surface area contributed by atoms with Crippen molar-refractivity contribution in [1.29, 1.82) is 0 Å². The number of esters is 1. The summed E-state index contributed by atoms with van der Waals surface area (Å²) in [5, 5.41) is 0.523. The lowest BCUT2D eigenvalue weighted by molar-refractivity contribution is -0.135. The van der Waals surface area contributed by atoms with E-state index in [1.807, 2.05) is 0 Å². The highest BCUT2D eigenvalue weighted by molar-refractivity contribution is 6.30. The number of halogens is 1. The third-order valence-corrected chi connectivity index (χ3v) is 1.62. The van der Waals surface area contributed by atoms with Crippen LogP contribution in [-0.2, 0) is 4.79 Å². The summed E-state index contributed by atoms with van der Waals surface area (Å²) >= 11 is 5.69. The summed E-state index contributed by atoms with van der Waals surface area (Å²) in [4.78, 5) is 11.0. The minimum absolute atomic E-state index is 0.412. The van der Waals surface area contributed by atoms with Gasteiger partial charge in [0.05, 0.1) is 0 Å². The number of ether oxygens (including phenoxy) is 1. The van der Waals surface area contributed by atoms with E-state index < -0.39 is 12.0 Å². The molecule has 0 radical (unpaired) electrons. The summed E-state index contributed by atoms with van der Waals surface area (Å²) in [6.07, 6.45) is 0. The summed E-state index contributed by atoms with van der Waals surface area (Å²) < 4.78 is 4.91. The number of carbonyl (C=O) groups excluding carboxylic acids is 1. The first-order valence-corrected chi connectivity index (χ1v) is 4.20. The van der Waals surface area contributed by atoms with Crippen LogP contribution in [0.15, 0.2) is 24.3 Å². The van der Waals surface area contributed by atoms with E-state index in [2.05, 4.69) is 0 Å². The Hall–Kier alpha value is -1.06. The average Bonchev–Trinajstić information content (AvgIpc) is 2.04. The second-order valence-electron chi connectivity index (χ2n) is 2.67. The molecule has 70 valence electrons. The fraction of sp³-hybridized carbons (Fsp3) is 0.222. The zero-order valence-electron chi connectivity index (χ0n) is 7.16. The van der Waals surface area contributed by atoms with Crippen molar-refractivity contribution in [1.82, 2.24) is 0 Å². The predicted octanol–water partition coefficient (Wildman–Crippen LogP) is 1.59. The zero-order valence-corrected chi connectivity index (χ0v) is 7.91.